The molecule has 466 valence electrons. The smallest absolute Gasteiger partial charge is 0.000740 e. The van der Waals surface area contributed by atoms with Gasteiger partial charge in [-0.25, -0.2) is 0 Å². The third kappa shape index (κ3) is 7.65. The van der Waals surface area contributed by atoms with Crippen molar-refractivity contribution in [2.75, 3.05) is 0 Å². The molecule has 0 saturated heterocycles. The van der Waals surface area contributed by atoms with Crippen LogP contribution in [0.3, 0.4) is 0 Å². The van der Waals surface area contributed by atoms with Crippen molar-refractivity contribution in [3.05, 3.63) is 394 Å². The summed E-state index contributed by atoms with van der Waals surface area (Å²) in [4.78, 5) is 0. The lowest BCUT2D eigenvalue weighted by Crippen LogP contribution is -1.97. The van der Waals surface area contributed by atoms with Gasteiger partial charge in [-0.05, 0) is 276 Å². The Morgan fingerprint density at radius 3 is 0.696 bits per heavy atom. The predicted molar refractivity (Wildman–Crippen MR) is 427 cm³/mol. The standard InChI is InChI=1S/C102H58/c1-9-25-59(26-10-1)67-41-42-68(60-27-11-2-12-28-60)80-54-84-72-46-50-76-97-75(49-45-71(95(72)97)83(84)53-79(67)80)99-91(63-33-17-5-18-34-63)87-57-89-90(58-88(87)92(100(76)99)64-35-19-6-20-36-64)94(66-39-23-8-24-40-66)102-78-52-48-74-86-56-82-70(62-31-15-4-16-32-62)44-43-69(61-29-13-3-14-30-61)81(82)55-85(86)73-47-51-77(98(78)96(73)74)101(102)93(89)65-37-21-7-22-38-65/h1-58H. The van der Waals surface area contributed by atoms with Crippen LogP contribution in [0.25, 0.3) is 198 Å². The molecule has 102 heavy (non-hydrogen) atoms. The van der Waals surface area contributed by atoms with E-state index in [1.54, 1.807) is 0 Å². The summed E-state index contributed by atoms with van der Waals surface area (Å²) in [5.41, 5.74) is 30.1. The number of hydrogen-bond donors (Lipinski definition) is 0. The summed E-state index contributed by atoms with van der Waals surface area (Å²) < 4.78 is 0. The van der Waals surface area contributed by atoms with Crippen molar-refractivity contribution >= 4 is 64.6 Å². The second kappa shape index (κ2) is 21.1. The molecule has 0 aliphatic heterocycles. The third-order valence-electron chi connectivity index (χ3n) is 23.2. The minimum absolute atomic E-state index is 1.20. The average Bonchev–Trinajstić information content (AvgIpc) is 1.59. The van der Waals surface area contributed by atoms with Gasteiger partial charge in [0.05, 0.1) is 0 Å². The third-order valence-corrected chi connectivity index (χ3v) is 23.2. The van der Waals surface area contributed by atoms with Crippen LogP contribution in [0.4, 0.5) is 0 Å². The van der Waals surface area contributed by atoms with Gasteiger partial charge in [-0.2, -0.15) is 0 Å². The van der Waals surface area contributed by atoms with Crippen molar-refractivity contribution in [3.63, 3.8) is 0 Å². The van der Waals surface area contributed by atoms with Gasteiger partial charge in [-0.15, -0.1) is 0 Å². The highest BCUT2D eigenvalue weighted by Crippen LogP contribution is 2.63. The molecule has 0 aromatic heterocycles. The van der Waals surface area contributed by atoms with E-state index < -0.39 is 0 Å². The Hall–Kier alpha value is -13.3. The first-order valence-corrected chi connectivity index (χ1v) is 35.7. The predicted octanol–water partition coefficient (Wildman–Crippen LogP) is 27.0. The number of rotatable bonds is 8. The molecule has 23 rings (SSSR count). The highest BCUT2D eigenvalue weighted by Gasteiger charge is 2.36. The largest absolute Gasteiger partial charge is 0.0622 e. The zero-order valence-electron chi connectivity index (χ0n) is 55.5. The van der Waals surface area contributed by atoms with Crippen LogP contribution in [-0.4, -0.2) is 0 Å². The molecule has 0 bridgehead atoms. The van der Waals surface area contributed by atoms with Gasteiger partial charge < -0.3 is 0 Å². The highest BCUT2D eigenvalue weighted by atomic mass is 14.4. The topological polar surface area (TPSA) is 0 Å². The zero-order chi connectivity index (χ0) is 66.4. The number of benzene rings is 19. The lowest BCUT2D eigenvalue weighted by Gasteiger charge is -2.23. The zero-order valence-corrected chi connectivity index (χ0v) is 55.5. The lowest BCUT2D eigenvalue weighted by molar-refractivity contribution is 1.48. The molecular weight excluding hydrogens is 1230 g/mol. The van der Waals surface area contributed by atoms with Gasteiger partial charge >= 0.3 is 0 Å². The van der Waals surface area contributed by atoms with E-state index in [-0.39, 0.29) is 0 Å². The molecule has 0 atom stereocenters. The minimum Gasteiger partial charge on any atom is -0.0622 e. The fourth-order valence-corrected chi connectivity index (χ4v) is 19.0. The van der Waals surface area contributed by atoms with E-state index in [0.717, 1.165) is 0 Å². The molecule has 0 radical (unpaired) electrons. The maximum Gasteiger partial charge on any atom is -0.000740 e. The first-order valence-electron chi connectivity index (χ1n) is 35.7. The average molecular weight is 1280 g/mol. The van der Waals surface area contributed by atoms with Crippen LogP contribution in [0, 0.1) is 41.7 Å². The molecule has 0 N–H and O–H groups in total. The van der Waals surface area contributed by atoms with Crippen molar-refractivity contribution in [2.24, 2.45) is 0 Å². The molecule has 19 aromatic rings. The van der Waals surface area contributed by atoms with Gasteiger partial charge in [0.15, 0.2) is 0 Å². The van der Waals surface area contributed by atoms with Crippen molar-refractivity contribution < 1.29 is 0 Å². The van der Waals surface area contributed by atoms with Gasteiger partial charge in [0.25, 0.3) is 0 Å². The van der Waals surface area contributed by atoms with Crippen molar-refractivity contribution in [2.45, 2.75) is 0 Å². The Kier molecular flexibility index (Phi) is 11.5. The van der Waals surface area contributed by atoms with E-state index in [1.807, 2.05) is 0 Å². The molecule has 4 aliphatic carbocycles. The van der Waals surface area contributed by atoms with Crippen LogP contribution < -0.4 is 0 Å². The quantitative estimate of drug-likeness (QED) is 0.133. The monoisotopic (exact) mass is 1280 g/mol. The lowest BCUT2D eigenvalue weighted by atomic mass is 9.80. The summed E-state index contributed by atoms with van der Waals surface area (Å²) in [5.74, 6) is 0. The van der Waals surface area contributed by atoms with E-state index in [1.165, 1.54) is 240 Å². The van der Waals surface area contributed by atoms with Crippen molar-refractivity contribution in [3.8, 4) is 134 Å². The Morgan fingerprint density at radius 1 is 0.118 bits per heavy atom. The molecule has 0 heterocycles. The van der Waals surface area contributed by atoms with Gasteiger partial charge in [-0.1, -0.05) is 315 Å². The molecule has 0 spiro atoms. The molecule has 4 aliphatic rings. The van der Waals surface area contributed by atoms with Gasteiger partial charge in [0.2, 0.25) is 0 Å². The SMILES string of the molecule is c1ccc(-c2ccc(-c3ccccc3)c3cc4c(cc23)-c2ccc3c5c(ccc-4c25)-c2c-3c(-c3ccccc3)c3cc4c(-c5ccccc5)c5c(c(-c6ccccc6)c4cc3c2-c2ccccc2)=c2ccc3c4c(ccc=5c24)=c2cc4c(-c5ccccc5)ccc(-c5ccccc5)c4cc2=3)cc1. The van der Waals surface area contributed by atoms with E-state index >= 15 is 0 Å². The number of fused-ring (bicyclic) bond motifs is 12. The highest BCUT2D eigenvalue weighted by molar-refractivity contribution is 6.34. The van der Waals surface area contributed by atoms with Crippen LogP contribution in [0.15, 0.2) is 352 Å². The Labute approximate surface area is 587 Å². The first-order chi connectivity index (χ1) is 50.7. The van der Waals surface area contributed by atoms with Crippen LogP contribution in [0.5, 0.6) is 0 Å². The summed E-state index contributed by atoms with van der Waals surface area (Å²) in [6.45, 7) is 0. The summed E-state index contributed by atoms with van der Waals surface area (Å²) >= 11 is 0. The molecule has 0 saturated carbocycles. The molecule has 0 amide bonds. The molecule has 0 fully saturated rings. The maximum absolute atomic E-state index is 2.64. The molecule has 0 unspecified atom stereocenters. The Morgan fingerprint density at radius 2 is 0.363 bits per heavy atom. The molecular formula is C102H58. The van der Waals surface area contributed by atoms with Crippen LogP contribution in [0.1, 0.15) is 0 Å². The Bertz CT molecular complexity index is 6950. The molecule has 19 aromatic carbocycles. The Balaban J connectivity index is 0.859. The van der Waals surface area contributed by atoms with E-state index in [4.69, 9.17) is 0 Å². The van der Waals surface area contributed by atoms with E-state index in [0.29, 0.717) is 0 Å². The van der Waals surface area contributed by atoms with Crippen molar-refractivity contribution in [1.29, 1.82) is 0 Å². The van der Waals surface area contributed by atoms with Crippen LogP contribution >= 0.6 is 0 Å². The second-order valence-electron chi connectivity index (χ2n) is 28.2. The van der Waals surface area contributed by atoms with Crippen LogP contribution in [0.2, 0.25) is 0 Å². The number of hydrogen-bond acceptors (Lipinski definition) is 0. The summed E-state index contributed by atoms with van der Waals surface area (Å²) in [6.07, 6.45) is 0. The van der Waals surface area contributed by atoms with Gasteiger partial charge in [0, 0.05) is 0 Å². The molecule has 0 heteroatoms. The van der Waals surface area contributed by atoms with Gasteiger partial charge in [0.1, 0.15) is 0 Å². The minimum atomic E-state index is 1.20. The molecule has 0 nitrogen and oxygen atoms in total. The summed E-state index contributed by atoms with van der Waals surface area (Å²) in [7, 11) is 0. The summed E-state index contributed by atoms with van der Waals surface area (Å²) in [6, 6.07) is 134. The second-order valence-corrected chi connectivity index (χ2v) is 28.2. The normalized spacial score (nSPS) is 12.3. The van der Waals surface area contributed by atoms with E-state index in [2.05, 4.69) is 352 Å². The van der Waals surface area contributed by atoms with Gasteiger partial charge in [-0.3, -0.25) is 0 Å². The van der Waals surface area contributed by atoms with Crippen LogP contribution in [-0.2, 0) is 0 Å². The first kappa shape index (κ1) is 55.7. The maximum atomic E-state index is 2.64. The fraction of sp³-hybridized carbons (Fsp3) is 0. The summed E-state index contributed by atoms with van der Waals surface area (Å²) in [5, 5.41) is 25.7. The van der Waals surface area contributed by atoms with E-state index in [9.17, 15) is 0 Å². The van der Waals surface area contributed by atoms with Crippen molar-refractivity contribution in [1.82, 2.24) is 0 Å². The fourth-order valence-electron chi connectivity index (χ4n) is 19.0.